The van der Waals surface area contributed by atoms with Crippen molar-refractivity contribution in [3.05, 3.63) is 29.7 Å². The Hall–Kier alpha value is -0.980. The van der Waals surface area contributed by atoms with Crippen LogP contribution >= 0.6 is 23.3 Å². The molecule has 6 heteroatoms. The topological polar surface area (TPSA) is 50.7 Å². The fraction of sp³-hybridized carbons (Fsp3) is 0.364. The van der Waals surface area contributed by atoms with Gasteiger partial charge in [0.15, 0.2) is 4.34 Å². The number of aryl methyl sites for hydroxylation is 1. The molecule has 0 aliphatic carbocycles. The van der Waals surface area contributed by atoms with Crippen LogP contribution in [-0.4, -0.2) is 20.9 Å². The summed E-state index contributed by atoms with van der Waals surface area (Å²) in [7, 11) is 0. The predicted octanol–water partition coefficient (Wildman–Crippen LogP) is 2.50. The van der Waals surface area contributed by atoms with E-state index in [0.29, 0.717) is 0 Å². The molecule has 0 aliphatic heterocycles. The molecule has 0 saturated heterocycles. The van der Waals surface area contributed by atoms with Gasteiger partial charge in [0.05, 0.1) is 0 Å². The Morgan fingerprint density at radius 1 is 1.47 bits per heavy atom. The summed E-state index contributed by atoms with van der Waals surface area (Å²) in [5.74, 6) is 0.821. The molecule has 0 amide bonds. The molecule has 0 radical (unpaired) electrons. The molecule has 0 aliphatic rings. The van der Waals surface area contributed by atoms with Gasteiger partial charge in [0.25, 0.3) is 0 Å². The van der Waals surface area contributed by atoms with Gasteiger partial charge in [-0.3, -0.25) is 0 Å². The summed E-state index contributed by atoms with van der Waals surface area (Å²) in [6, 6.07) is 4.05. The van der Waals surface area contributed by atoms with Gasteiger partial charge in [-0.15, -0.1) is 0 Å². The van der Waals surface area contributed by atoms with Crippen molar-refractivity contribution in [3.8, 4) is 0 Å². The lowest BCUT2D eigenvalue weighted by molar-refractivity contribution is 0.711. The molecular weight excluding hydrogens is 252 g/mol. The summed E-state index contributed by atoms with van der Waals surface area (Å²) in [6.07, 6.45) is 1.81. The Labute approximate surface area is 109 Å². The highest BCUT2D eigenvalue weighted by molar-refractivity contribution is 8.00. The zero-order valence-corrected chi connectivity index (χ0v) is 11.4. The summed E-state index contributed by atoms with van der Waals surface area (Å²) in [6.45, 7) is 5.79. The predicted molar refractivity (Wildman–Crippen MR) is 70.4 cm³/mol. The van der Waals surface area contributed by atoms with E-state index in [9.17, 15) is 0 Å². The van der Waals surface area contributed by atoms with E-state index in [1.165, 1.54) is 17.1 Å². The number of rotatable bonds is 5. The second-order valence-electron chi connectivity index (χ2n) is 3.46. The highest BCUT2D eigenvalue weighted by atomic mass is 32.2. The first-order valence-corrected chi connectivity index (χ1v) is 7.01. The molecule has 17 heavy (non-hydrogen) atoms. The number of hydrogen-bond donors (Lipinski definition) is 1. The maximum Gasteiger partial charge on any atom is 0.176 e. The van der Waals surface area contributed by atoms with E-state index < -0.39 is 0 Å². The molecule has 4 nitrogen and oxygen atoms in total. The molecule has 0 spiro atoms. The molecule has 2 aromatic rings. The van der Waals surface area contributed by atoms with Gasteiger partial charge < -0.3 is 5.32 Å². The normalized spacial score (nSPS) is 10.7. The van der Waals surface area contributed by atoms with E-state index in [0.717, 1.165) is 28.3 Å². The molecule has 0 fully saturated rings. The van der Waals surface area contributed by atoms with Crippen molar-refractivity contribution in [1.29, 1.82) is 0 Å². The van der Waals surface area contributed by atoms with Crippen molar-refractivity contribution in [1.82, 2.24) is 19.7 Å². The van der Waals surface area contributed by atoms with Crippen molar-refractivity contribution in [3.63, 3.8) is 0 Å². The molecule has 2 heterocycles. The van der Waals surface area contributed by atoms with Crippen molar-refractivity contribution in [2.45, 2.75) is 29.8 Å². The Morgan fingerprint density at radius 2 is 2.35 bits per heavy atom. The highest BCUT2D eigenvalue weighted by Crippen LogP contribution is 2.29. The molecule has 0 aromatic carbocycles. The first-order valence-electron chi connectivity index (χ1n) is 5.42. The monoisotopic (exact) mass is 266 g/mol. The fourth-order valence-corrected chi connectivity index (χ4v) is 2.96. The maximum absolute atomic E-state index is 4.40. The molecule has 0 unspecified atom stereocenters. The van der Waals surface area contributed by atoms with Crippen LogP contribution in [-0.2, 0) is 6.54 Å². The molecule has 0 bridgehead atoms. The van der Waals surface area contributed by atoms with Gasteiger partial charge in [-0.1, -0.05) is 13.0 Å². The average molecular weight is 266 g/mol. The summed E-state index contributed by atoms with van der Waals surface area (Å²) in [5, 5.41) is 4.31. The van der Waals surface area contributed by atoms with Gasteiger partial charge in [0.1, 0.15) is 10.9 Å². The number of hydrogen-bond acceptors (Lipinski definition) is 6. The first-order chi connectivity index (χ1) is 8.29. The van der Waals surface area contributed by atoms with Gasteiger partial charge in [-0.25, -0.2) is 9.97 Å². The number of aromatic nitrogens is 3. The molecular formula is C11H14N4S2. The lowest BCUT2D eigenvalue weighted by Crippen LogP contribution is -2.12. The van der Waals surface area contributed by atoms with E-state index in [-0.39, 0.29) is 0 Å². The molecule has 1 N–H and O–H groups in total. The third-order valence-corrected chi connectivity index (χ3v) is 4.01. The van der Waals surface area contributed by atoms with Crippen LogP contribution in [0.25, 0.3) is 0 Å². The van der Waals surface area contributed by atoms with Crippen molar-refractivity contribution >= 4 is 23.3 Å². The van der Waals surface area contributed by atoms with E-state index in [1.807, 2.05) is 19.2 Å². The van der Waals surface area contributed by atoms with Crippen LogP contribution in [0.5, 0.6) is 0 Å². The van der Waals surface area contributed by atoms with Crippen molar-refractivity contribution < 1.29 is 0 Å². The zero-order valence-electron chi connectivity index (χ0n) is 9.80. The molecule has 0 saturated carbocycles. The third-order valence-electron chi connectivity index (χ3n) is 2.11. The Morgan fingerprint density at radius 3 is 3.06 bits per heavy atom. The average Bonchev–Trinajstić information content (AvgIpc) is 2.74. The van der Waals surface area contributed by atoms with Crippen LogP contribution in [0.4, 0.5) is 0 Å². The van der Waals surface area contributed by atoms with Crippen LogP contribution in [0.3, 0.4) is 0 Å². The quantitative estimate of drug-likeness (QED) is 0.901. The minimum atomic E-state index is 0.821. The van der Waals surface area contributed by atoms with Crippen molar-refractivity contribution in [2.75, 3.05) is 6.54 Å². The highest BCUT2D eigenvalue weighted by Gasteiger charge is 2.08. The van der Waals surface area contributed by atoms with Gasteiger partial charge in [0.2, 0.25) is 0 Å². The zero-order chi connectivity index (χ0) is 12.1. The van der Waals surface area contributed by atoms with E-state index in [4.69, 9.17) is 0 Å². The molecule has 0 atom stereocenters. The number of nitrogens with zero attached hydrogens (tertiary/aromatic N) is 3. The van der Waals surface area contributed by atoms with Crippen molar-refractivity contribution in [2.24, 2.45) is 0 Å². The van der Waals surface area contributed by atoms with E-state index in [1.54, 1.807) is 11.8 Å². The summed E-state index contributed by atoms with van der Waals surface area (Å²) >= 11 is 3.00. The minimum Gasteiger partial charge on any atom is -0.313 e. The molecule has 2 rings (SSSR count). The van der Waals surface area contributed by atoms with Gasteiger partial charge >= 0.3 is 0 Å². The Bertz CT molecular complexity index is 484. The fourth-order valence-electron chi connectivity index (χ4n) is 1.31. The Kier molecular flexibility index (Phi) is 4.47. The SMILES string of the molecule is CCNCc1cccnc1Sc1nc(C)ns1. The van der Waals surface area contributed by atoms with E-state index in [2.05, 4.69) is 32.6 Å². The lowest BCUT2D eigenvalue weighted by Gasteiger charge is -2.06. The molecule has 2 aromatic heterocycles. The lowest BCUT2D eigenvalue weighted by atomic mass is 10.3. The maximum atomic E-state index is 4.40. The van der Waals surface area contributed by atoms with Crippen LogP contribution in [0, 0.1) is 6.92 Å². The molecule has 90 valence electrons. The first kappa shape index (κ1) is 12.5. The van der Waals surface area contributed by atoms with E-state index >= 15 is 0 Å². The largest absolute Gasteiger partial charge is 0.313 e. The second kappa shape index (κ2) is 6.09. The number of nitrogens with one attached hydrogen (secondary N) is 1. The van der Waals surface area contributed by atoms with Gasteiger partial charge in [-0.05, 0) is 48.4 Å². The van der Waals surface area contributed by atoms with Crippen LogP contribution in [0.15, 0.2) is 27.7 Å². The van der Waals surface area contributed by atoms with Crippen LogP contribution in [0.1, 0.15) is 18.3 Å². The third kappa shape index (κ3) is 3.49. The smallest absolute Gasteiger partial charge is 0.176 e. The summed E-state index contributed by atoms with van der Waals surface area (Å²) < 4.78 is 5.11. The summed E-state index contributed by atoms with van der Waals surface area (Å²) in [5.41, 5.74) is 1.20. The van der Waals surface area contributed by atoms with Gasteiger partial charge in [0, 0.05) is 12.7 Å². The van der Waals surface area contributed by atoms with Crippen LogP contribution < -0.4 is 5.32 Å². The van der Waals surface area contributed by atoms with Crippen LogP contribution in [0.2, 0.25) is 0 Å². The number of pyridine rings is 1. The standard InChI is InChI=1S/C11H14N4S2/c1-3-12-7-9-5-4-6-13-10(9)16-11-14-8(2)15-17-11/h4-6,12H,3,7H2,1-2H3. The summed E-state index contributed by atoms with van der Waals surface area (Å²) in [4.78, 5) is 8.74. The Balaban J connectivity index is 2.14. The van der Waals surface area contributed by atoms with Gasteiger partial charge in [-0.2, -0.15) is 4.37 Å². The second-order valence-corrected chi connectivity index (χ2v) is 5.45. The minimum absolute atomic E-state index is 0.821.